The molecule has 0 aliphatic rings. The van der Waals surface area contributed by atoms with Gasteiger partial charge in [0, 0.05) is 0 Å². The number of aryl methyl sites for hydroxylation is 1. The molecule has 0 aliphatic heterocycles. The van der Waals surface area contributed by atoms with E-state index >= 15 is 0 Å². The van der Waals surface area contributed by atoms with Crippen LogP contribution in [0.1, 0.15) is 5.56 Å². The fraction of sp³-hybridized carbons (Fsp3) is 0.200. The van der Waals surface area contributed by atoms with Crippen LogP contribution >= 0.6 is 0 Å². The highest BCUT2D eigenvalue weighted by atomic mass is 16.6. The Morgan fingerprint density at radius 3 is 3.00 bits per heavy atom. The first-order valence-corrected chi connectivity index (χ1v) is 4.33. The second-order valence-electron chi connectivity index (χ2n) is 2.98. The lowest BCUT2D eigenvalue weighted by molar-refractivity contribution is 0.282. The number of ether oxygens (including phenoxy) is 1. The molecule has 1 aromatic heterocycles. The van der Waals surface area contributed by atoms with Crippen LogP contribution in [0, 0.1) is 13.0 Å². The van der Waals surface area contributed by atoms with E-state index in [0.717, 1.165) is 10.2 Å². The van der Waals surface area contributed by atoms with E-state index in [-0.39, 0.29) is 6.08 Å². The van der Waals surface area contributed by atoms with Crippen molar-refractivity contribution in [3.63, 3.8) is 0 Å². The largest absolute Gasteiger partial charge is 0.452 e. The third kappa shape index (κ3) is 1.76. The summed E-state index contributed by atoms with van der Waals surface area (Å²) >= 11 is 0. The van der Waals surface area contributed by atoms with Gasteiger partial charge < -0.3 is 9.15 Å². The Hall–Kier alpha value is -2.04. The van der Waals surface area contributed by atoms with Crippen molar-refractivity contribution in [2.24, 2.45) is 0 Å². The van der Waals surface area contributed by atoms with Gasteiger partial charge >= 0.3 is 11.8 Å². The Balaban J connectivity index is 2.54. The third-order valence-electron chi connectivity index (χ3n) is 1.88. The second-order valence-corrected chi connectivity index (χ2v) is 2.98. The fourth-order valence-electron chi connectivity index (χ4n) is 1.21. The highest BCUT2D eigenvalue weighted by Gasteiger charge is 2.09. The van der Waals surface area contributed by atoms with Crippen LogP contribution in [0.3, 0.4) is 0 Å². The predicted octanol–water partition coefficient (Wildman–Crippen LogP) is 0.943. The summed E-state index contributed by atoms with van der Waals surface area (Å²) < 4.78 is 10.6. The van der Waals surface area contributed by atoms with E-state index in [4.69, 9.17) is 9.15 Å². The lowest BCUT2D eigenvalue weighted by Crippen LogP contribution is -2.13. The minimum Gasteiger partial charge on any atom is -0.452 e. The second kappa shape index (κ2) is 3.61. The molecule has 0 fully saturated rings. The van der Waals surface area contributed by atoms with E-state index in [1.807, 2.05) is 6.92 Å². The minimum atomic E-state index is -0.572. The van der Waals surface area contributed by atoms with Gasteiger partial charge in [-0.3, -0.25) is 0 Å². The smallest absolute Gasteiger partial charge is 0.444 e. The molecule has 0 bridgehead atoms. The standard InChI is InChI=1S/C10H9N2O3/c1-7-4-3-5-8(6-7)12-10(13)15-9(11-12)14-2/h3,5-6H,1-2H3. The van der Waals surface area contributed by atoms with Crippen molar-refractivity contribution in [3.8, 4) is 11.8 Å². The molecule has 2 aromatic rings. The van der Waals surface area contributed by atoms with E-state index in [1.165, 1.54) is 7.11 Å². The molecular weight excluding hydrogens is 196 g/mol. The molecule has 1 radical (unpaired) electrons. The monoisotopic (exact) mass is 205 g/mol. The maximum absolute atomic E-state index is 11.4. The Morgan fingerprint density at radius 2 is 2.40 bits per heavy atom. The maximum Gasteiger partial charge on any atom is 0.444 e. The van der Waals surface area contributed by atoms with Crippen LogP contribution in [0.2, 0.25) is 0 Å². The number of hydrogen-bond donors (Lipinski definition) is 0. The number of aromatic nitrogens is 2. The molecule has 0 atom stereocenters. The zero-order chi connectivity index (χ0) is 10.8. The van der Waals surface area contributed by atoms with Crippen LogP contribution in [0.25, 0.3) is 5.69 Å². The van der Waals surface area contributed by atoms with Crippen LogP contribution in [0.5, 0.6) is 6.08 Å². The first-order valence-electron chi connectivity index (χ1n) is 4.33. The highest BCUT2D eigenvalue weighted by molar-refractivity contribution is 5.33. The molecule has 2 rings (SSSR count). The molecule has 0 saturated heterocycles. The first kappa shape index (κ1) is 9.51. The maximum atomic E-state index is 11.4. The molecule has 0 saturated carbocycles. The first-order chi connectivity index (χ1) is 7.20. The number of nitrogens with zero attached hydrogens (tertiary/aromatic N) is 2. The van der Waals surface area contributed by atoms with Gasteiger partial charge in [-0.05, 0) is 30.7 Å². The summed E-state index contributed by atoms with van der Waals surface area (Å²) in [4.78, 5) is 11.4. The van der Waals surface area contributed by atoms with Gasteiger partial charge in [-0.2, -0.15) is 4.68 Å². The third-order valence-corrected chi connectivity index (χ3v) is 1.88. The molecular formula is C10H9N2O3. The van der Waals surface area contributed by atoms with Gasteiger partial charge in [-0.25, -0.2) is 4.79 Å². The minimum absolute atomic E-state index is 0.0505. The van der Waals surface area contributed by atoms with Gasteiger partial charge in [0.15, 0.2) is 0 Å². The molecule has 0 N–H and O–H groups in total. The van der Waals surface area contributed by atoms with E-state index in [0.29, 0.717) is 5.69 Å². The van der Waals surface area contributed by atoms with Crippen LogP contribution in [0.15, 0.2) is 27.4 Å². The molecule has 5 heteroatoms. The lowest BCUT2D eigenvalue weighted by Gasteiger charge is -1.97. The molecule has 0 amide bonds. The number of benzene rings is 1. The average Bonchev–Trinajstić information content (AvgIpc) is 2.60. The molecule has 5 nitrogen and oxygen atoms in total. The predicted molar refractivity (Wildman–Crippen MR) is 52.2 cm³/mol. The summed E-state index contributed by atoms with van der Waals surface area (Å²) in [6.45, 7) is 1.88. The number of rotatable bonds is 2. The van der Waals surface area contributed by atoms with Crippen molar-refractivity contribution in [3.05, 3.63) is 40.4 Å². The van der Waals surface area contributed by atoms with Gasteiger partial charge in [0.05, 0.1) is 12.8 Å². The average molecular weight is 205 g/mol. The molecule has 1 aromatic carbocycles. The SMILES string of the molecule is COc1nn(-c2cc[c]c(C)c2)c(=O)o1. The quantitative estimate of drug-likeness (QED) is 0.732. The number of methoxy groups -OCH3 is 1. The Kier molecular flexibility index (Phi) is 2.29. The Labute approximate surface area is 85.9 Å². The molecule has 1 heterocycles. The lowest BCUT2D eigenvalue weighted by atomic mass is 10.2. The van der Waals surface area contributed by atoms with E-state index in [1.54, 1.807) is 18.2 Å². The normalized spacial score (nSPS) is 10.3. The zero-order valence-electron chi connectivity index (χ0n) is 8.35. The zero-order valence-corrected chi connectivity index (χ0v) is 8.35. The van der Waals surface area contributed by atoms with Gasteiger partial charge in [0.1, 0.15) is 0 Å². The van der Waals surface area contributed by atoms with Gasteiger partial charge in [0.2, 0.25) is 0 Å². The van der Waals surface area contributed by atoms with Gasteiger partial charge in [-0.1, -0.05) is 11.2 Å². The summed E-state index contributed by atoms with van der Waals surface area (Å²) in [5.74, 6) is -0.572. The molecule has 77 valence electrons. The summed E-state index contributed by atoms with van der Waals surface area (Å²) in [5.41, 5.74) is 1.55. The van der Waals surface area contributed by atoms with Crippen molar-refractivity contribution in [1.29, 1.82) is 0 Å². The highest BCUT2D eigenvalue weighted by Crippen LogP contribution is 2.09. The summed E-state index contributed by atoms with van der Waals surface area (Å²) in [6, 6.07) is 8.20. The van der Waals surface area contributed by atoms with Crippen LogP contribution in [-0.4, -0.2) is 16.9 Å². The Bertz CT molecular complexity index is 527. The topological polar surface area (TPSA) is 57.3 Å². The van der Waals surface area contributed by atoms with Crippen LogP contribution in [0.4, 0.5) is 0 Å². The summed E-state index contributed by atoms with van der Waals surface area (Å²) in [7, 11) is 1.39. The van der Waals surface area contributed by atoms with E-state index in [9.17, 15) is 4.79 Å². The van der Waals surface area contributed by atoms with E-state index in [2.05, 4.69) is 11.2 Å². The summed E-state index contributed by atoms with van der Waals surface area (Å²) in [5, 5.41) is 3.84. The molecule has 0 spiro atoms. The fourth-order valence-corrected chi connectivity index (χ4v) is 1.21. The van der Waals surface area contributed by atoms with Crippen molar-refractivity contribution < 1.29 is 9.15 Å². The van der Waals surface area contributed by atoms with Gasteiger partial charge in [0.25, 0.3) is 0 Å². The van der Waals surface area contributed by atoms with Crippen molar-refractivity contribution in [2.75, 3.05) is 7.11 Å². The van der Waals surface area contributed by atoms with Crippen molar-refractivity contribution in [2.45, 2.75) is 6.92 Å². The molecule has 0 unspecified atom stereocenters. The summed E-state index contributed by atoms with van der Waals surface area (Å²) in [6.07, 6.45) is -0.0505. The molecule has 0 aliphatic carbocycles. The van der Waals surface area contributed by atoms with Gasteiger partial charge in [-0.15, -0.1) is 0 Å². The van der Waals surface area contributed by atoms with E-state index < -0.39 is 5.76 Å². The molecule has 15 heavy (non-hydrogen) atoms. The van der Waals surface area contributed by atoms with Crippen LogP contribution < -0.4 is 10.5 Å². The van der Waals surface area contributed by atoms with Crippen molar-refractivity contribution >= 4 is 0 Å². The Morgan fingerprint density at radius 1 is 1.60 bits per heavy atom. The van der Waals surface area contributed by atoms with Crippen LogP contribution in [-0.2, 0) is 0 Å². The number of hydrogen-bond acceptors (Lipinski definition) is 4. The van der Waals surface area contributed by atoms with Crippen molar-refractivity contribution in [1.82, 2.24) is 9.78 Å².